The first-order valence-electron chi connectivity index (χ1n) is 4.65. The molecule has 0 saturated heterocycles. The van der Waals surface area contributed by atoms with Gasteiger partial charge in [0.1, 0.15) is 0 Å². The third-order valence-electron chi connectivity index (χ3n) is 2.30. The van der Waals surface area contributed by atoms with E-state index in [1.165, 1.54) is 0 Å². The fourth-order valence-corrected chi connectivity index (χ4v) is 1.57. The highest BCUT2D eigenvalue weighted by atomic mass is 79.9. The molecule has 0 heterocycles. The van der Waals surface area contributed by atoms with Gasteiger partial charge in [-0.05, 0) is 31.2 Å². The zero-order chi connectivity index (χ0) is 11.4. The fraction of sp³-hybridized carbons (Fsp3) is 0.364. The molecule has 1 rings (SSSR count). The van der Waals surface area contributed by atoms with Gasteiger partial charge in [0.2, 0.25) is 0 Å². The van der Waals surface area contributed by atoms with E-state index in [0.717, 1.165) is 4.47 Å². The summed E-state index contributed by atoms with van der Waals surface area (Å²) < 4.78 is 0.965. The highest BCUT2D eigenvalue weighted by Gasteiger charge is 2.16. The van der Waals surface area contributed by atoms with Gasteiger partial charge in [-0.15, -0.1) is 11.6 Å². The van der Waals surface area contributed by atoms with Crippen molar-refractivity contribution in [1.82, 2.24) is 4.90 Å². The second-order valence-electron chi connectivity index (χ2n) is 3.43. The lowest BCUT2D eigenvalue weighted by molar-refractivity contribution is 0.0756. The van der Waals surface area contributed by atoms with Gasteiger partial charge in [0.15, 0.2) is 0 Å². The Labute approximate surface area is 103 Å². The monoisotopic (exact) mass is 289 g/mol. The minimum absolute atomic E-state index is 0.00403. The lowest BCUT2D eigenvalue weighted by Crippen LogP contribution is -2.36. The van der Waals surface area contributed by atoms with Crippen LogP contribution in [-0.2, 0) is 0 Å². The van der Waals surface area contributed by atoms with Crippen molar-refractivity contribution >= 4 is 33.4 Å². The number of benzene rings is 1. The van der Waals surface area contributed by atoms with Crippen LogP contribution in [0.25, 0.3) is 0 Å². The van der Waals surface area contributed by atoms with Crippen molar-refractivity contribution in [1.29, 1.82) is 0 Å². The van der Waals surface area contributed by atoms with Gasteiger partial charge < -0.3 is 4.90 Å². The molecule has 2 nitrogen and oxygen atoms in total. The predicted octanol–water partition coefficient (Wildman–Crippen LogP) is 3.15. The van der Waals surface area contributed by atoms with E-state index in [2.05, 4.69) is 15.9 Å². The molecule has 1 atom stereocenters. The summed E-state index contributed by atoms with van der Waals surface area (Å²) in [7, 11) is 1.76. The molecule has 0 fully saturated rings. The molecule has 0 aromatic heterocycles. The van der Waals surface area contributed by atoms with Crippen LogP contribution >= 0.6 is 27.5 Å². The molecular formula is C11H13BrClNO. The van der Waals surface area contributed by atoms with Gasteiger partial charge in [0, 0.05) is 29.0 Å². The van der Waals surface area contributed by atoms with Crippen LogP contribution < -0.4 is 0 Å². The summed E-state index contributed by atoms with van der Waals surface area (Å²) in [5, 5.41) is 0. The Kier molecular flexibility index (Phi) is 4.61. The SMILES string of the molecule is CC(CCl)N(C)C(=O)c1ccc(Br)cc1. The molecule has 82 valence electrons. The summed E-state index contributed by atoms with van der Waals surface area (Å²) in [5.41, 5.74) is 0.678. The van der Waals surface area contributed by atoms with Gasteiger partial charge in [-0.1, -0.05) is 15.9 Å². The van der Waals surface area contributed by atoms with E-state index in [4.69, 9.17) is 11.6 Å². The molecule has 0 radical (unpaired) electrons. The molecule has 15 heavy (non-hydrogen) atoms. The third-order valence-corrected chi connectivity index (χ3v) is 3.27. The number of hydrogen-bond acceptors (Lipinski definition) is 1. The molecule has 0 aliphatic heterocycles. The number of halogens is 2. The van der Waals surface area contributed by atoms with Crippen LogP contribution in [0.3, 0.4) is 0 Å². The first-order chi connectivity index (χ1) is 7.06. The van der Waals surface area contributed by atoms with Crippen molar-refractivity contribution in [2.24, 2.45) is 0 Å². The quantitative estimate of drug-likeness (QED) is 0.783. The highest BCUT2D eigenvalue weighted by Crippen LogP contribution is 2.13. The molecule has 0 aliphatic rings. The predicted molar refractivity (Wildman–Crippen MR) is 66.4 cm³/mol. The Bertz CT molecular complexity index is 339. The number of carbonyl (C=O) groups is 1. The topological polar surface area (TPSA) is 20.3 Å². The minimum Gasteiger partial charge on any atom is -0.338 e. The number of rotatable bonds is 3. The molecule has 1 aromatic rings. The maximum Gasteiger partial charge on any atom is 0.253 e. The van der Waals surface area contributed by atoms with Crippen LogP contribution in [0.1, 0.15) is 17.3 Å². The van der Waals surface area contributed by atoms with Gasteiger partial charge in [-0.3, -0.25) is 4.79 Å². The van der Waals surface area contributed by atoms with E-state index in [1.54, 1.807) is 24.1 Å². The van der Waals surface area contributed by atoms with E-state index in [1.807, 2.05) is 19.1 Å². The van der Waals surface area contributed by atoms with E-state index < -0.39 is 0 Å². The normalized spacial score (nSPS) is 12.3. The summed E-state index contributed by atoms with van der Waals surface area (Å²) >= 11 is 9.03. The van der Waals surface area contributed by atoms with Crippen molar-refractivity contribution in [2.45, 2.75) is 13.0 Å². The summed E-state index contributed by atoms with van der Waals surface area (Å²) in [6.45, 7) is 1.92. The number of hydrogen-bond donors (Lipinski definition) is 0. The zero-order valence-corrected chi connectivity index (χ0v) is 11.0. The van der Waals surface area contributed by atoms with E-state index in [9.17, 15) is 4.79 Å². The maximum atomic E-state index is 11.9. The van der Waals surface area contributed by atoms with Gasteiger partial charge in [0.05, 0.1) is 0 Å². The molecule has 4 heteroatoms. The first kappa shape index (κ1) is 12.5. The second-order valence-corrected chi connectivity index (χ2v) is 4.65. The Balaban J connectivity index is 2.80. The molecule has 0 bridgehead atoms. The van der Waals surface area contributed by atoms with Crippen molar-refractivity contribution in [3.8, 4) is 0 Å². The summed E-state index contributed by atoms with van der Waals surface area (Å²) in [5.74, 6) is 0.439. The molecule has 1 unspecified atom stereocenters. The van der Waals surface area contributed by atoms with Crippen molar-refractivity contribution < 1.29 is 4.79 Å². The Morgan fingerprint density at radius 2 is 2.00 bits per heavy atom. The van der Waals surface area contributed by atoms with Crippen LogP contribution in [0.5, 0.6) is 0 Å². The molecule has 1 aromatic carbocycles. The van der Waals surface area contributed by atoms with Crippen molar-refractivity contribution in [3.05, 3.63) is 34.3 Å². The van der Waals surface area contributed by atoms with Crippen LogP contribution in [0.15, 0.2) is 28.7 Å². The molecule has 0 spiro atoms. The largest absolute Gasteiger partial charge is 0.338 e. The molecule has 0 aliphatic carbocycles. The Morgan fingerprint density at radius 1 is 1.47 bits per heavy atom. The summed E-state index contributed by atoms with van der Waals surface area (Å²) in [6, 6.07) is 7.34. The molecule has 1 amide bonds. The number of nitrogens with zero attached hydrogens (tertiary/aromatic N) is 1. The smallest absolute Gasteiger partial charge is 0.253 e. The standard InChI is InChI=1S/C11H13BrClNO/c1-8(7-13)14(2)11(15)9-3-5-10(12)6-4-9/h3-6,8H,7H2,1-2H3. The summed E-state index contributed by atoms with van der Waals surface area (Å²) in [6.07, 6.45) is 0. The molecule has 0 N–H and O–H groups in total. The Hall–Kier alpha value is -0.540. The average molecular weight is 291 g/mol. The average Bonchev–Trinajstić information content (AvgIpc) is 2.27. The summed E-state index contributed by atoms with van der Waals surface area (Å²) in [4.78, 5) is 13.6. The van der Waals surface area contributed by atoms with Crippen LogP contribution in [-0.4, -0.2) is 29.8 Å². The first-order valence-corrected chi connectivity index (χ1v) is 5.97. The van der Waals surface area contributed by atoms with Crippen molar-refractivity contribution in [2.75, 3.05) is 12.9 Å². The van der Waals surface area contributed by atoms with Crippen molar-refractivity contribution in [3.63, 3.8) is 0 Å². The molecular weight excluding hydrogens is 277 g/mol. The second kappa shape index (κ2) is 5.52. The third kappa shape index (κ3) is 3.21. The van der Waals surface area contributed by atoms with Gasteiger partial charge >= 0.3 is 0 Å². The minimum atomic E-state index is -0.00403. The van der Waals surface area contributed by atoms with E-state index in [0.29, 0.717) is 11.4 Å². The van der Waals surface area contributed by atoms with Crippen LogP contribution in [0.4, 0.5) is 0 Å². The number of carbonyl (C=O) groups excluding carboxylic acids is 1. The lowest BCUT2D eigenvalue weighted by Gasteiger charge is -2.23. The van der Waals surface area contributed by atoms with Gasteiger partial charge in [-0.2, -0.15) is 0 Å². The lowest BCUT2D eigenvalue weighted by atomic mass is 10.2. The van der Waals surface area contributed by atoms with Crippen LogP contribution in [0, 0.1) is 0 Å². The number of alkyl halides is 1. The number of amides is 1. The Morgan fingerprint density at radius 3 is 2.47 bits per heavy atom. The van der Waals surface area contributed by atoms with Crippen LogP contribution in [0.2, 0.25) is 0 Å². The highest BCUT2D eigenvalue weighted by molar-refractivity contribution is 9.10. The van der Waals surface area contributed by atoms with E-state index in [-0.39, 0.29) is 11.9 Å². The van der Waals surface area contributed by atoms with Gasteiger partial charge in [-0.25, -0.2) is 0 Å². The maximum absolute atomic E-state index is 11.9. The van der Waals surface area contributed by atoms with E-state index >= 15 is 0 Å². The van der Waals surface area contributed by atoms with Gasteiger partial charge in [0.25, 0.3) is 5.91 Å². The zero-order valence-electron chi connectivity index (χ0n) is 8.71. The fourth-order valence-electron chi connectivity index (χ4n) is 1.10. The molecule has 0 saturated carbocycles.